The van der Waals surface area contributed by atoms with Crippen molar-refractivity contribution >= 4 is 11.3 Å². The lowest BCUT2D eigenvalue weighted by Gasteiger charge is -2.29. The average Bonchev–Trinajstić information content (AvgIpc) is 3.22. The Morgan fingerprint density at radius 3 is 2.41 bits per heavy atom. The van der Waals surface area contributed by atoms with Crippen molar-refractivity contribution in [2.24, 2.45) is 11.1 Å². The Balaban J connectivity index is 2.13. The lowest BCUT2D eigenvalue weighted by Crippen LogP contribution is -2.29. The van der Waals surface area contributed by atoms with E-state index in [0.717, 1.165) is 31.7 Å². The molecule has 0 bridgehead atoms. The summed E-state index contributed by atoms with van der Waals surface area (Å²) in [7, 11) is 0. The molecule has 2 N–H and O–H groups in total. The van der Waals surface area contributed by atoms with Crippen molar-refractivity contribution in [2.75, 3.05) is 19.8 Å². The minimum Gasteiger partial charge on any atom is -0.493 e. The van der Waals surface area contributed by atoms with E-state index in [1.807, 2.05) is 0 Å². The van der Waals surface area contributed by atoms with E-state index in [9.17, 15) is 13.2 Å². The topological polar surface area (TPSA) is 70.3 Å². The fourth-order valence-corrected chi connectivity index (χ4v) is 4.37. The number of hydrogen-bond donors (Lipinski definition) is 1. The molecule has 5 nitrogen and oxygen atoms in total. The van der Waals surface area contributed by atoms with Gasteiger partial charge in [-0.15, -0.1) is 10.2 Å². The molecule has 0 aliphatic carbocycles. The third-order valence-electron chi connectivity index (χ3n) is 5.31. The van der Waals surface area contributed by atoms with Crippen LogP contribution >= 0.6 is 11.3 Å². The number of alkyl halides is 3. The Hall–Kier alpha value is -1.71. The number of halogens is 3. The first-order chi connectivity index (χ1) is 15.1. The van der Waals surface area contributed by atoms with Crippen molar-refractivity contribution in [3.05, 3.63) is 28.8 Å². The quantitative estimate of drug-likeness (QED) is 0.330. The molecule has 0 aliphatic rings. The fraction of sp³-hybridized carbons (Fsp3) is 0.652. The first kappa shape index (κ1) is 26.5. The summed E-state index contributed by atoms with van der Waals surface area (Å²) < 4.78 is 51.9. The molecule has 1 unspecified atom stereocenters. The van der Waals surface area contributed by atoms with Crippen LogP contribution in [-0.4, -0.2) is 30.0 Å². The molecule has 1 heterocycles. The standard InChI is InChI=1S/C23H34F3N3O2S/c1-5-7-12-30-13-8-14-31-18-10-9-16(15-17(18)23(24,25)26)20-28-29-21(32-20)19(27)22(3,4)11-6-2/h9-10,15,19H,5-8,11-14,27H2,1-4H3. The van der Waals surface area contributed by atoms with Crippen LogP contribution in [0.25, 0.3) is 10.6 Å². The molecule has 0 aliphatic heterocycles. The minimum atomic E-state index is -4.55. The number of rotatable bonds is 13. The van der Waals surface area contributed by atoms with Crippen molar-refractivity contribution in [3.8, 4) is 16.3 Å². The van der Waals surface area contributed by atoms with Gasteiger partial charge in [0.1, 0.15) is 15.8 Å². The second kappa shape index (κ2) is 12.0. The molecule has 0 fully saturated rings. The van der Waals surface area contributed by atoms with Crippen molar-refractivity contribution in [3.63, 3.8) is 0 Å². The predicted molar refractivity (Wildman–Crippen MR) is 122 cm³/mol. The van der Waals surface area contributed by atoms with Gasteiger partial charge in [-0.25, -0.2) is 0 Å². The van der Waals surface area contributed by atoms with Gasteiger partial charge in [0.2, 0.25) is 0 Å². The molecular formula is C23H34F3N3O2S. The largest absolute Gasteiger partial charge is 0.493 e. The molecule has 32 heavy (non-hydrogen) atoms. The normalized spacial score (nSPS) is 13.4. The van der Waals surface area contributed by atoms with Gasteiger partial charge in [-0.1, -0.05) is 51.9 Å². The summed E-state index contributed by atoms with van der Waals surface area (Å²) in [6.45, 7) is 9.54. The van der Waals surface area contributed by atoms with E-state index in [1.165, 1.54) is 17.4 Å². The summed E-state index contributed by atoms with van der Waals surface area (Å²) in [6, 6.07) is 3.66. The average molecular weight is 474 g/mol. The van der Waals surface area contributed by atoms with Gasteiger partial charge in [0.15, 0.2) is 0 Å². The van der Waals surface area contributed by atoms with Crippen LogP contribution in [0, 0.1) is 5.41 Å². The van der Waals surface area contributed by atoms with Gasteiger partial charge in [-0.05, 0) is 36.5 Å². The lowest BCUT2D eigenvalue weighted by atomic mass is 9.81. The number of aromatic nitrogens is 2. The molecule has 180 valence electrons. The van der Waals surface area contributed by atoms with Gasteiger partial charge in [-0.3, -0.25) is 0 Å². The molecule has 0 amide bonds. The fourth-order valence-electron chi connectivity index (χ4n) is 3.31. The summed E-state index contributed by atoms with van der Waals surface area (Å²) in [5, 5.41) is 9.30. The highest BCUT2D eigenvalue weighted by molar-refractivity contribution is 7.14. The van der Waals surface area contributed by atoms with E-state index in [0.29, 0.717) is 35.2 Å². The van der Waals surface area contributed by atoms with Gasteiger partial charge in [0.25, 0.3) is 0 Å². The molecule has 9 heteroatoms. The first-order valence-electron chi connectivity index (χ1n) is 11.1. The van der Waals surface area contributed by atoms with E-state index >= 15 is 0 Å². The molecular weight excluding hydrogens is 439 g/mol. The third kappa shape index (κ3) is 7.42. The van der Waals surface area contributed by atoms with Crippen molar-refractivity contribution in [2.45, 2.75) is 72.0 Å². The van der Waals surface area contributed by atoms with Crippen LogP contribution in [0.4, 0.5) is 13.2 Å². The van der Waals surface area contributed by atoms with Gasteiger partial charge in [0, 0.05) is 25.2 Å². The molecule has 1 aromatic carbocycles. The Morgan fingerprint density at radius 2 is 1.75 bits per heavy atom. The van der Waals surface area contributed by atoms with Gasteiger partial charge < -0.3 is 15.2 Å². The molecule has 2 rings (SSSR count). The van der Waals surface area contributed by atoms with E-state index in [1.54, 1.807) is 6.07 Å². The smallest absolute Gasteiger partial charge is 0.419 e. The molecule has 0 saturated heterocycles. The zero-order chi connectivity index (χ0) is 23.8. The Bertz CT molecular complexity index is 840. The number of nitrogens with two attached hydrogens (primary N) is 1. The molecule has 0 spiro atoms. The zero-order valence-corrected chi connectivity index (χ0v) is 20.1. The van der Waals surface area contributed by atoms with Crippen molar-refractivity contribution in [1.29, 1.82) is 0 Å². The highest BCUT2D eigenvalue weighted by Crippen LogP contribution is 2.41. The molecule has 0 saturated carbocycles. The van der Waals surface area contributed by atoms with Gasteiger partial charge >= 0.3 is 6.18 Å². The number of benzene rings is 1. The summed E-state index contributed by atoms with van der Waals surface area (Å²) >= 11 is 1.23. The maximum absolute atomic E-state index is 13.7. The first-order valence-corrected chi connectivity index (χ1v) is 11.9. The lowest BCUT2D eigenvalue weighted by molar-refractivity contribution is -0.138. The third-order valence-corrected chi connectivity index (χ3v) is 6.36. The van der Waals surface area contributed by atoms with Crippen molar-refractivity contribution in [1.82, 2.24) is 10.2 Å². The maximum Gasteiger partial charge on any atom is 0.419 e. The molecule has 1 atom stereocenters. The summed E-state index contributed by atoms with van der Waals surface area (Å²) in [5.41, 5.74) is 5.72. The van der Waals surface area contributed by atoms with Crippen LogP contribution in [0.2, 0.25) is 0 Å². The van der Waals surface area contributed by atoms with Gasteiger partial charge in [0.05, 0.1) is 18.2 Å². The van der Waals surface area contributed by atoms with Crippen LogP contribution < -0.4 is 10.5 Å². The SMILES string of the molecule is CCCCOCCCOc1ccc(-c2nnc(C(N)C(C)(C)CCC)s2)cc1C(F)(F)F. The highest BCUT2D eigenvalue weighted by Gasteiger charge is 2.35. The highest BCUT2D eigenvalue weighted by atomic mass is 32.1. The van der Waals surface area contributed by atoms with Crippen LogP contribution in [0.5, 0.6) is 5.75 Å². The van der Waals surface area contributed by atoms with Crippen LogP contribution in [0.1, 0.15) is 76.4 Å². The second-order valence-corrected chi connectivity index (χ2v) is 9.55. The van der Waals surface area contributed by atoms with Gasteiger partial charge in [-0.2, -0.15) is 13.2 Å². The van der Waals surface area contributed by atoms with Crippen LogP contribution in [0.15, 0.2) is 18.2 Å². The summed E-state index contributed by atoms with van der Waals surface area (Å²) in [6.07, 6.45) is -0.125. The molecule has 0 radical (unpaired) electrons. The maximum atomic E-state index is 13.7. The number of unbranched alkanes of at least 4 members (excludes halogenated alkanes) is 1. The van der Waals surface area contributed by atoms with E-state index in [-0.39, 0.29) is 23.8 Å². The Labute approximate surface area is 192 Å². The van der Waals surface area contributed by atoms with Crippen LogP contribution in [0.3, 0.4) is 0 Å². The monoisotopic (exact) mass is 473 g/mol. The van der Waals surface area contributed by atoms with E-state index in [2.05, 4.69) is 37.9 Å². The predicted octanol–water partition coefficient (Wildman–Crippen LogP) is 6.64. The van der Waals surface area contributed by atoms with E-state index < -0.39 is 11.7 Å². The minimum absolute atomic E-state index is 0.152. The summed E-state index contributed by atoms with van der Waals surface area (Å²) in [5.74, 6) is -0.194. The zero-order valence-electron chi connectivity index (χ0n) is 19.3. The van der Waals surface area contributed by atoms with E-state index in [4.69, 9.17) is 15.2 Å². The number of ether oxygens (including phenoxy) is 2. The molecule has 1 aromatic heterocycles. The second-order valence-electron chi connectivity index (χ2n) is 8.54. The van der Waals surface area contributed by atoms with Crippen molar-refractivity contribution < 1.29 is 22.6 Å². The van der Waals surface area contributed by atoms with Crippen LogP contribution in [-0.2, 0) is 10.9 Å². The number of nitrogens with zero attached hydrogens (tertiary/aromatic N) is 2. The Kier molecular flexibility index (Phi) is 9.91. The Morgan fingerprint density at radius 1 is 1.03 bits per heavy atom. The molecule has 2 aromatic rings. The number of hydrogen-bond acceptors (Lipinski definition) is 6. The summed E-state index contributed by atoms with van der Waals surface area (Å²) in [4.78, 5) is 0.